The fraction of sp³-hybridized carbons (Fsp3) is 1.00. The molecule has 6 heteroatoms. The van der Waals surface area contributed by atoms with Gasteiger partial charge in [0, 0.05) is 0 Å². The lowest BCUT2D eigenvalue weighted by atomic mass is 10.0. The highest BCUT2D eigenvalue weighted by Crippen LogP contribution is 2.50. The van der Waals surface area contributed by atoms with Crippen LogP contribution in [0, 0.1) is 11.8 Å². The monoisotopic (exact) mass is 190 g/mol. The first-order valence-corrected chi connectivity index (χ1v) is 3.40. The van der Waals surface area contributed by atoms with Crippen molar-refractivity contribution in [2.24, 2.45) is 11.8 Å². The summed E-state index contributed by atoms with van der Waals surface area (Å²) >= 11 is 0. The Morgan fingerprint density at radius 3 is 1.58 bits per heavy atom. The van der Waals surface area contributed by atoms with Crippen molar-refractivity contribution < 1.29 is 27.1 Å². The molecular formula is C6H7F5O. The van der Waals surface area contributed by atoms with Crippen molar-refractivity contribution in [3.05, 3.63) is 0 Å². The predicted molar refractivity (Wildman–Crippen MR) is 29.4 cm³/mol. The zero-order valence-electron chi connectivity index (χ0n) is 5.91. The van der Waals surface area contributed by atoms with E-state index < -0.39 is 24.1 Å². The van der Waals surface area contributed by atoms with Gasteiger partial charge in [-0.1, -0.05) is 0 Å². The van der Waals surface area contributed by atoms with Gasteiger partial charge in [-0.05, 0) is 18.8 Å². The van der Waals surface area contributed by atoms with Gasteiger partial charge in [0.2, 0.25) is 0 Å². The van der Waals surface area contributed by atoms with E-state index in [0.29, 0.717) is 0 Å². The summed E-state index contributed by atoms with van der Waals surface area (Å²) in [7, 11) is 0. The largest absolute Gasteiger partial charge is 0.400 e. The number of rotatable bonds is 2. The first-order chi connectivity index (χ1) is 5.23. The summed E-state index contributed by atoms with van der Waals surface area (Å²) in [5.74, 6) is -3.99. The van der Waals surface area contributed by atoms with Crippen molar-refractivity contribution >= 4 is 0 Å². The van der Waals surface area contributed by atoms with Crippen LogP contribution >= 0.6 is 0 Å². The normalized spacial score (nSPS) is 22.5. The molecule has 0 aromatic carbocycles. The van der Waals surface area contributed by atoms with Gasteiger partial charge in [-0.3, -0.25) is 0 Å². The standard InChI is InChI=1S/C6H7F5O/c7-5(8,9)4(3-1-2-3)6(10,11)12/h3-4,12H,1-2H2. The lowest BCUT2D eigenvalue weighted by Crippen LogP contribution is -2.40. The molecule has 1 aliphatic carbocycles. The first-order valence-electron chi connectivity index (χ1n) is 3.40. The summed E-state index contributed by atoms with van der Waals surface area (Å²) in [6.45, 7) is 0. The highest BCUT2D eigenvalue weighted by Gasteiger charge is 2.61. The summed E-state index contributed by atoms with van der Waals surface area (Å²) in [5, 5.41) is 7.97. The van der Waals surface area contributed by atoms with Gasteiger partial charge in [-0.25, -0.2) is 0 Å². The molecule has 0 radical (unpaired) electrons. The number of hydrogen-bond acceptors (Lipinski definition) is 1. The molecule has 1 atom stereocenters. The Morgan fingerprint density at radius 1 is 1.08 bits per heavy atom. The van der Waals surface area contributed by atoms with Gasteiger partial charge in [-0.15, -0.1) is 0 Å². The van der Waals surface area contributed by atoms with Crippen LogP contribution in [0.4, 0.5) is 22.0 Å². The van der Waals surface area contributed by atoms with Gasteiger partial charge >= 0.3 is 12.3 Å². The van der Waals surface area contributed by atoms with E-state index in [1.165, 1.54) is 0 Å². The number of aliphatic hydroxyl groups is 1. The molecule has 1 saturated carbocycles. The molecule has 12 heavy (non-hydrogen) atoms. The van der Waals surface area contributed by atoms with Crippen molar-refractivity contribution in [2.75, 3.05) is 0 Å². The van der Waals surface area contributed by atoms with Crippen molar-refractivity contribution in [3.8, 4) is 0 Å². The summed E-state index contributed by atoms with van der Waals surface area (Å²) in [6, 6.07) is 0. The molecule has 0 saturated heterocycles. The maximum Gasteiger partial charge on any atom is 0.400 e. The Balaban J connectivity index is 2.74. The van der Waals surface area contributed by atoms with Crippen LogP contribution in [-0.4, -0.2) is 17.4 Å². The summed E-state index contributed by atoms with van der Waals surface area (Å²) < 4.78 is 59.6. The SMILES string of the molecule is OC(F)(F)C(C1CC1)C(F)(F)F. The molecule has 1 rings (SSSR count). The van der Waals surface area contributed by atoms with E-state index in [2.05, 4.69) is 0 Å². The molecule has 72 valence electrons. The van der Waals surface area contributed by atoms with Crippen molar-refractivity contribution in [2.45, 2.75) is 25.1 Å². The van der Waals surface area contributed by atoms with E-state index in [4.69, 9.17) is 5.11 Å². The molecule has 1 N–H and O–H groups in total. The number of halogens is 5. The summed E-state index contributed by atoms with van der Waals surface area (Å²) in [6.07, 6.45) is -9.43. The lowest BCUT2D eigenvalue weighted by Gasteiger charge is -2.23. The highest BCUT2D eigenvalue weighted by molar-refractivity contribution is 4.89. The smallest absolute Gasteiger partial charge is 0.336 e. The Labute approximate surface area is 65.2 Å². The molecule has 0 aromatic rings. The van der Waals surface area contributed by atoms with Gasteiger partial charge in [0.15, 0.2) is 0 Å². The van der Waals surface area contributed by atoms with Crippen molar-refractivity contribution in [1.82, 2.24) is 0 Å². The van der Waals surface area contributed by atoms with Gasteiger partial charge in [0.05, 0.1) is 0 Å². The topological polar surface area (TPSA) is 20.2 Å². The molecular weight excluding hydrogens is 183 g/mol. The third kappa shape index (κ3) is 2.06. The average molecular weight is 190 g/mol. The van der Waals surface area contributed by atoms with E-state index in [-0.39, 0.29) is 12.8 Å². The van der Waals surface area contributed by atoms with Crippen molar-refractivity contribution in [1.29, 1.82) is 0 Å². The molecule has 0 spiro atoms. The molecule has 0 aliphatic heterocycles. The summed E-state index contributed by atoms with van der Waals surface area (Å²) in [5.41, 5.74) is 0. The molecule has 1 aliphatic rings. The third-order valence-electron chi connectivity index (χ3n) is 1.82. The number of alkyl halides is 5. The quantitative estimate of drug-likeness (QED) is 0.661. The average Bonchev–Trinajstić information content (AvgIpc) is 2.38. The van der Waals surface area contributed by atoms with E-state index >= 15 is 0 Å². The fourth-order valence-electron chi connectivity index (χ4n) is 1.18. The lowest BCUT2D eigenvalue weighted by molar-refractivity contribution is -0.322. The first kappa shape index (κ1) is 9.70. The molecule has 0 amide bonds. The van der Waals surface area contributed by atoms with E-state index in [0.717, 1.165) is 0 Å². The number of hydrogen-bond donors (Lipinski definition) is 1. The van der Waals surface area contributed by atoms with E-state index in [1.54, 1.807) is 0 Å². The van der Waals surface area contributed by atoms with Crippen LogP contribution < -0.4 is 0 Å². The van der Waals surface area contributed by atoms with Gasteiger partial charge in [-0.2, -0.15) is 22.0 Å². The van der Waals surface area contributed by atoms with E-state index in [1.807, 2.05) is 0 Å². The van der Waals surface area contributed by atoms with Crippen LogP contribution in [0.5, 0.6) is 0 Å². The minimum atomic E-state index is -5.01. The molecule has 1 fully saturated rings. The Hall–Kier alpha value is -0.390. The molecule has 0 bridgehead atoms. The minimum absolute atomic E-state index is 0.111. The highest BCUT2D eigenvalue weighted by atomic mass is 19.4. The van der Waals surface area contributed by atoms with E-state index in [9.17, 15) is 22.0 Å². The molecule has 1 nitrogen and oxygen atoms in total. The Kier molecular flexibility index (Phi) is 2.06. The van der Waals surface area contributed by atoms with Crippen LogP contribution in [0.15, 0.2) is 0 Å². The molecule has 0 aromatic heterocycles. The van der Waals surface area contributed by atoms with Gasteiger partial charge in [0.1, 0.15) is 5.92 Å². The second kappa shape index (κ2) is 2.55. The summed E-state index contributed by atoms with van der Waals surface area (Å²) in [4.78, 5) is 0. The van der Waals surface area contributed by atoms with Gasteiger partial charge < -0.3 is 5.11 Å². The van der Waals surface area contributed by atoms with Crippen LogP contribution in [0.3, 0.4) is 0 Å². The maximum absolute atomic E-state index is 12.0. The maximum atomic E-state index is 12.0. The zero-order valence-corrected chi connectivity index (χ0v) is 5.91. The molecule has 0 heterocycles. The van der Waals surface area contributed by atoms with Gasteiger partial charge in [0.25, 0.3) is 0 Å². The second-order valence-corrected chi connectivity index (χ2v) is 2.94. The minimum Gasteiger partial charge on any atom is -0.336 e. The van der Waals surface area contributed by atoms with Crippen LogP contribution in [0.25, 0.3) is 0 Å². The Morgan fingerprint density at radius 2 is 1.50 bits per heavy atom. The van der Waals surface area contributed by atoms with Crippen LogP contribution in [-0.2, 0) is 0 Å². The zero-order chi connectivity index (χ0) is 9.57. The second-order valence-electron chi connectivity index (χ2n) is 2.94. The predicted octanol–water partition coefficient (Wildman–Crippen LogP) is 2.16. The molecule has 1 unspecified atom stereocenters. The van der Waals surface area contributed by atoms with Crippen molar-refractivity contribution in [3.63, 3.8) is 0 Å². The van der Waals surface area contributed by atoms with Crippen LogP contribution in [0.1, 0.15) is 12.8 Å². The third-order valence-corrected chi connectivity index (χ3v) is 1.82. The fourth-order valence-corrected chi connectivity index (χ4v) is 1.18. The Bertz CT molecular complexity index is 152. The van der Waals surface area contributed by atoms with Crippen LogP contribution in [0.2, 0.25) is 0 Å².